The molecule has 1 fully saturated rings. The van der Waals surface area contributed by atoms with Crippen LogP contribution >= 0.6 is 0 Å². The van der Waals surface area contributed by atoms with E-state index >= 15 is 0 Å². The lowest BCUT2D eigenvalue weighted by molar-refractivity contribution is -0.136. The van der Waals surface area contributed by atoms with Crippen LogP contribution in [0.25, 0.3) is 11.0 Å². The molecule has 1 aliphatic heterocycles. The lowest BCUT2D eigenvalue weighted by Gasteiger charge is -2.30. The van der Waals surface area contributed by atoms with Crippen LogP contribution in [0.1, 0.15) is 24.8 Å². The highest BCUT2D eigenvalue weighted by Crippen LogP contribution is 2.24. The summed E-state index contributed by atoms with van der Waals surface area (Å²) in [6, 6.07) is 7.93. The molecule has 2 N–H and O–H groups in total. The monoisotopic (exact) mass is 286 g/mol. The predicted octanol–water partition coefficient (Wildman–Crippen LogP) is 2.56. The molecule has 0 spiro atoms. The zero-order valence-electron chi connectivity index (χ0n) is 12.3. The highest BCUT2D eigenvalue weighted by Gasteiger charge is 2.25. The average Bonchev–Trinajstić information content (AvgIpc) is 2.96. The van der Waals surface area contributed by atoms with Crippen molar-refractivity contribution < 1.29 is 9.21 Å². The molecule has 1 aromatic heterocycles. The minimum Gasteiger partial charge on any atom is -0.464 e. The van der Waals surface area contributed by atoms with Crippen molar-refractivity contribution in [2.75, 3.05) is 19.6 Å². The number of amides is 1. The predicted molar refractivity (Wildman–Crippen MR) is 82.9 cm³/mol. The summed E-state index contributed by atoms with van der Waals surface area (Å²) in [5, 5.41) is 1.09. The number of piperidine rings is 1. The number of fused-ring (bicyclic) bond motifs is 1. The van der Waals surface area contributed by atoms with Crippen molar-refractivity contribution in [3.05, 3.63) is 36.1 Å². The Kier molecular flexibility index (Phi) is 4.25. The number of benzene rings is 1. The normalized spacial score (nSPS) is 17.1. The van der Waals surface area contributed by atoms with Gasteiger partial charge in [0.05, 0.1) is 12.2 Å². The molecule has 1 aromatic carbocycles. The summed E-state index contributed by atoms with van der Waals surface area (Å²) < 4.78 is 5.55. The third-order valence-electron chi connectivity index (χ3n) is 4.33. The van der Waals surface area contributed by atoms with Crippen molar-refractivity contribution in [3.8, 4) is 0 Å². The molecular weight excluding hydrogens is 264 g/mol. The largest absolute Gasteiger partial charge is 0.464 e. The van der Waals surface area contributed by atoms with Crippen LogP contribution in [0.2, 0.25) is 0 Å². The summed E-state index contributed by atoms with van der Waals surface area (Å²) >= 11 is 0. The highest BCUT2D eigenvalue weighted by molar-refractivity contribution is 5.83. The van der Waals surface area contributed by atoms with Gasteiger partial charge >= 0.3 is 0 Å². The molecule has 4 heteroatoms. The molecule has 1 atom stereocenters. The number of nitrogens with zero attached hydrogens (tertiary/aromatic N) is 1. The Morgan fingerprint density at radius 3 is 2.76 bits per heavy atom. The second-order valence-electron chi connectivity index (χ2n) is 5.78. The van der Waals surface area contributed by atoms with Crippen molar-refractivity contribution in [1.82, 2.24) is 4.90 Å². The molecule has 1 saturated heterocycles. The number of furan rings is 1. The van der Waals surface area contributed by atoms with E-state index < -0.39 is 0 Å². The molecule has 21 heavy (non-hydrogen) atoms. The third kappa shape index (κ3) is 2.95. The minimum atomic E-state index is -0.149. The first-order valence-corrected chi connectivity index (χ1v) is 7.73. The van der Waals surface area contributed by atoms with Crippen molar-refractivity contribution in [1.29, 1.82) is 0 Å². The SMILES string of the molecule is NCC(Cc1coc2ccccc12)C(=O)N1CCCCC1. The van der Waals surface area contributed by atoms with Gasteiger partial charge < -0.3 is 15.1 Å². The highest BCUT2D eigenvalue weighted by atomic mass is 16.3. The molecule has 1 unspecified atom stereocenters. The molecule has 2 aromatic rings. The molecule has 0 aliphatic carbocycles. The van der Waals surface area contributed by atoms with Crippen molar-refractivity contribution in [2.24, 2.45) is 11.7 Å². The van der Waals surface area contributed by atoms with Crippen LogP contribution in [0.3, 0.4) is 0 Å². The van der Waals surface area contributed by atoms with E-state index in [1.54, 1.807) is 6.26 Å². The van der Waals surface area contributed by atoms with Gasteiger partial charge in [-0.1, -0.05) is 18.2 Å². The molecule has 0 saturated carbocycles. The molecule has 0 radical (unpaired) electrons. The van der Waals surface area contributed by atoms with Gasteiger partial charge in [-0.15, -0.1) is 0 Å². The fraction of sp³-hybridized carbons (Fsp3) is 0.471. The summed E-state index contributed by atoms with van der Waals surface area (Å²) in [7, 11) is 0. The summed E-state index contributed by atoms with van der Waals surface area (Å²) in [6.07, 6.45) is 5.86. The van der Waals surface area contributed by atoms with E-state index in [1.807, 2.05) is 29.2 Å². The Morgan fingerprint density at radius 2 is 2.00 bits per heavy atom. The fourth-order valence-corrected chi connectivity index (χ4v) is 3.10. The number of hydrogen-bond donors (Lipinski definition) is 1. The second kappa shape index (κ2) is 6.31. The first kappa shape index (κ1) is 14.1. The standard InChI is InChI=1S/C17H22N2O2/c18-11-13(17(20)19-8-4-1-5-9-19)10-14-12-21-16-7-3-2-6-15(14)16/h2-3,6-7,12-13H,1,4-5,8-11,18H2. The van der Waals surface area contributed by atoms with Crippen LogP contribution in [0.4, 0.5) is 0 Å². The van der Waals surface area contributed by atoms with Gasteiger partial charge in [0.2, 0.25) is 5.91 Å². The molecule has 2 heterocycles. The smallest absolute Gasteiger partial charge is 0.227 e. The van der Waals surface area contributed by atoms with E-state index in [9.17, 15) is 4.79 Å². The zero-order chi connectivity index (χ0) is 14.7. The lowest BCUT2D eigenvalue weighted by atomic mass is 9.96. The van der Waals surface area contributed by atoms with Gasteiger partial charge in [-0.2, -0.15) is 0 Å². The maximum absolute atomic E-state index is 12.6. The van der Waals surface area contributed by atoms with E-state index in [0.717, 1.165) is 42.5 Å². The van der Waals surface area contributed by atoms with Gasteiger partial charge in [-0.25, -0.2) is 0 Å². The Hall–Kier alpha value is -1.81. The molecule has 112 valence electrons. The van der Waals surface area contributed by atoms with Crippen molar-refractivity contribution >= 4 is 16.9 Å². The number of carbonyl (C=O) groups is 1. The van der Waals surface area contributed by atoms with Gasteiger partial charge in [0.15, 0.2) is 0 Å². The summed E-state index contributed by atoms with van der Waals surface area (Å²) in [5.74, 6) is 0.0478. The van der Waals surface area contributed by atoms with Gasteiger partial charge in [0.1, 0.15) is 5.58 Å². The average molecular weight is 286 g/mol. The van der Waals surface area contributed by atoms with Crippen LogP contribution in [-0.4, -0.2) is 30.4 Å². The van der Waals surface area contributed by atoms with Gasteiger partial charge in [-0.05, 0) is 37.3 Å². The first-order chi connectivity index (χ1) is 10.3. The zero-order valence-corrected chi connectivity index (χ0v) is 12.3. The number of para-hydroxylation sites is 1. The quantitative estimate of drug-likeness (QED) is 0.939. The number of nitrogens with two attached hydrogens (primary N) is 1. The van der Waals surface area contributed by atoms with E-state index in [-0.39, 0.29) is 11.8 Å². The Labute approximate surface area is 124 Å². The third-order valence-corrected chi connectivity index (χ3v) is 4.33. The van der Waals surface area contributed by atoms with E-state index in [1.165, 1.54) is 6.42 Å². The maximum Gasteiger partial charge on any atom is 0.227 e. The van der Waals surface area contributed by atoms with Crippen LogP contribution in [0.15, 0.2) is 34.9 Å². The molecule has 3 rings (SSSR count). The van der Waals surface area contributed by atoms with Crippen molar-refractivity contribution in [2.45, 2.75) is 25.7 Å². The lowest BCUT2D eigenvalue weighted by Crippen LogP contribution is -2.42. The van der Waals surface area contributed by atoms with E-state index in [4.69, 9.17) is 10.2 Å². The maximum atomic E-state index is 12.6. The molecule has 1 amide bonds. The van der Waals surface area contributed by atoms with Crippen molar-refractivity contribution in [3.63, 3.8) is 0 Å². The fourth-order valence-electron chi connectivity index (χ4n) is 3.10. The Bertz CT molecular complexity index is 614. The number of likely N-dealkylation sites (tertiary alicyclic amines) is 1. The Morgan fingerprint density at radius 1 is 1.24 bits per heavy atom. The van der Waals surface area contributed by atoms with Crippen LogP contribution in [-0.2, 0) is 11.2 Å². The van der Waals surface area contributed by atoms with E-state index in [2.05, 4.69) is 0 Å². The Balaban J connectivity index is 1.76. The van der Waals surface area contributed by atoms with Crippen LogP contribution in [0.5, 0.6) is 0 Å². The summed E-state index contributed by atoms with van der Waals surface area (Å²) in [4.78, 5) is 14.6. The molecule has 0 bridgehead atoms. The number of carbonyl (C=O) groups excluding carboxylic acids is 1. The van der Waals surface area contributed by atoms with Crippen LogP contribution in [0, 0.1) is 5.92 Å². The minimum absolute atomic E-state index is 0.149. The summed E-state index contributed by atoms with van der Waals surface area (Å²) in [6.45, 7) is 2.14. The molecular formula is C17H22N2O2. The summed E-state index contributed by atoms with van der Waals surface area (Å²) in [5.41, 5.74) is 7.81. The molecule has 4 nitrogen and oxygen atoms in total. The van der Waals surface area contributed by atoms with Gasteiger partial charge in [0.25, 0.3) is 0 Å². The number of hydrogen-bond acceptors (Lipinski definition) is 3. The van der Waals surface area contributed by atoms with Gasteiger partial charge in [-0.3, -0.25) is 4.79 Å². The second-order valence-corrected chi connectivity index (χ2v) is 5.78. The van der Waals surface area contributed by atoms with E-state index in [0.29, 0.717) is 13.0 Å². The number of rotatable bonds is 4. The van der Waals surface area contributed by atoms with Gasteiger partial charge in [0, 0.05) is 25.0 Å². The molecule has 1 aliphatic rings. The topological polar surface area (TPSA) is 59.5 Å². The first-order valence-electron chi connectivity index (χ1n) is 7.73. The van der Waals surface area contributed by atoms with Crippen LogP contribution < -0.4 is 5.73 Å².